The molecule has 0 saturated carbocycles. The van der Waals surface area contributed by atoms with Crippen LogP contribution in [0, 0.1) is 12.7 Å². The number of hydrogen-bond donors (Lipinski definition) is 1. The van der Waals surface area contributed by atoms with Gasteiger partial charge in [-0.2, -0.15) is 0 Å². The van der Waals surface area contributed by atoms with Crippen molar-refractivity contribution in [2.75, 3.05) is 17.3 Å². The van der Waals surface area contributed by atoms with E-state index in [4.69, 9.17) is 4.74 Å². The molecule has 1 aliphatic rings. The van der Waals surface area contributed by atoms with E-state index in [0.29, 0.717) is 17.0 Å². The number of para-hydroxylation sites is 2. The van der Waals surface area contributed by atoms with Crippen LogP contribution in [0.5, 0.6) is 5.75 Å². The van der Waals surface area contributed by atoms with Gasteiger partial charge in [0.1, 0.15) is 17.3 Å². The summed E-state index contributed by atoms with van der Waals surface area (Å²) in [7, 11) is 1.50. The van der Waals surface area contributed by atoms with E-state index in [1.54, 1.807) is 24.3 Å². The molecule has 1 heterocycles. The molecule has 1 N–H and O–H groups in total. The molecule has 0 atom stereocenters. The van der Waals surface area contributed by atoms with Crippen LogP contribution in [0.15, 0.2) is 78.5 Å². The highest BCUT2D eigenvalue weighted by atomic mass is 19.1. The molecule has 0 saturated heterocycles. The summed E-state index contributed by atoms with van der Waals surface area (Å²) >= 11 is 0. The summed E-state index contributed by atoms with van der Waals surface area (Å²) in [6, 6.07) is 19.8. The summed E-state index contributed by atoms with van der Waals surface area (Å²) in [4.78, 5) is 27.7. The van der Waals surface area contributed by atoms with Crippen LogP contribution in [-0.4, -0.2) is 18.9 Å². The first-order chi connectivity index (χ1) is 14.5. The van der Waals surface area contributed by atoms with Gasteiger partial charge in [0.05, 0.1) is 18.4 Å². The van der Waals surface area contributed by atoms with Crippen molar-refractivity contribution in [2.24, 2.45) is 0 Å². The summed E-state index contributed by atoms with van der Waals surface area (Å²) < 4.78 is 19.2. The largest absolute Gasteiger partial charge is 0.496 e. The molecular weight excluding hydrogens is 383 g/mol. The zero-order valence-electron chi connectivity index (χ0n) is 16.5. The van der Waals surface area contributed by atoms with Crippen LogP contribution in [-0.2, 0) is 9.59 Å². The minimum absolute atomic E-state index is 0.114. The zero-order valence-corrected chi connectivity index (χ0v) is 16.5. The molecule has 0 unspecified atom stereocenters. The predicted molar refractivity (Wildman–Crippen MR) is 114 cm³/mol. The van der Waals surface area contributed by atoms with E-state index in [9.17, 15) is 14.0 Å². The van der Waals surface area contributed by atoms with E-state index in [1.165, 1.54) is 25.3 Å². The number of ether oxygens (including phenoxy) is 1. The lowest BCUT2D eigenvalue weighted by Crippen LogP contribution is -2.32. The standard InChI is InChI=1S/C24H19FN2O3/c1-15-8-3-5-12-19(15)26-22-21(18-11-4-6-13-20(18)30-2)23(28)27(24(22)29)17-10-7-9-16(25)14-17/h3-14,26H,1-2H3. The first kappa shape index (κ1) is 19.4. The molecule has 5 nitrogen and oxygen atoms in total. The van der Waals surface area contributed by atoms with E-state index in [1.807, 2.05) is 31.2 Å². The lowest BCUT2D eigenvalue weighted by Gasteiger charge is -2.16. The van der Waals surface area contributed by atoms with Crippen molar-refractivity contribution in [1.82, 2.24) is 0 Å². The van der Waals surface area contributed by atoms with Gasteiger partial charge in [-0.05, 0) is 42.8 Å². The fourth-order valence-corrected chi connectivity index (χ4v) is 3.44. The Bertz CT molecular complexity index is 1190. The van der Waals surface area contributed by atoms with Gasteiger partial charge in [0.2, 0.25) is 0 Å². The first-order valence-corrected chi connectivity index (χ1v) is 9.36. The van der Waals surface area contributed by atoms with Gasteiger partial charge < -0.3 is 10.1 Å². The fourth-order valence-electron chi connectivity index (χ4n) is 3.44. The highest BCUT2D eigenvalue weighted by Gasteiger charge is 2.41. The average molecular weight is 402 g/mol. The molecule has 0 radical (unpaired) electrons. The quantitative estimate of drug-likeness (QED) is 0.637. The van der Waals surface area contributed by atoms with Crippen LogP contribution in [0.4, 0.5) is 15.8 Å². The number of carbonyl (C=O) groups excluding carboxylic acids is 2. The van der Waals surface area contributed by atoms with Gasteiger partial charge in [0.15, 0.2) is 0 Å². The molecule has 0 spiro atoms. The van der Waals surface area contributed by atoms with E-state index in [-0.39, 0.29) is 17.0 Å². The van der Waals surface area contributed by atoms with E-state index in [0.717, 1.165) is 16.5 Å². The Hall–Kier alpha value is -3.93. The number of imide groups is 1. The van der Waals surface area contributed by atoms with Crippen molar-refractivity contribution >= 4 is 28.8 Å². The highest BCUT2D eigenvalue weighted by Crippen LogP contribution is 2.37. The molecule has 4 rings (SSSR count). The number of nitrogens with zero attached hydrogens (tertiary/aromatic N) is 1. The van der Waals surface area contributed by atoms with Crippen molar-refractivity contribution in [3.63, 3.8) is 0 Å². The normalized spacial score (nSPS) is 13.8. The third kappa shape index (κ3) is 3.33. The Morgan fingerprint density at radius 2 is 1.63 bits per heavy atom. The van der Waals surface area contributed by atoms with E-state index < -0.39 is 17.6 Å². The second kappa shape index (κ2) is 7.83. The molecular formula is C24H19FN2O3. The topological polar surface area (TPSA) is 58.6 Å². The number of anilines is 2. The molecule has 2 amide bonds. The number of hydrogen-bond acceptors (Lipinski definition) is 4. The lowest BCUT2D eigenvalue weighted by atomic mass is 10.0. The van der Waals surface area contributed by atoms with Crippen LogP contribution in [0.25, 0.3) is 5.57 Å². The smallest absolute Gasteiger partial charge is 0.282 e. The minimum atomic E-state index is -0.560. The van der Waals surface area contributed by atoms with Gasteiger partial charge in [0.25, 0.3) is 11.8 Å². The summed E-state index contributed by atoms with van der Waals surface area (Å²) in [5.41, 5.74) is 2.54. The Morgan fingerprint density at radius 1 is 0.900 bits per heavy atom. The number of methoxy groups -OCH3 is 1. The van der Waals surface area contributed by atoms with Crippen LogP contribution in [0.1, 0.15) is 11.1 Å². The van der Waals surface area contributed by atoms with Gasteiger partial charge in [-0.25, -0.2) is 9.29 Å². The maximum absolute atomic E-state index is 13.8. The Kier molecular flexibility index (Phi) is 5.06. The average Bonchev–Trinajstić information content (AvgIpc) is 2.99. The molecule has 1 aliphatic heterocycles. The lowest BCUT2D eigenvalue weighted by molar-refractivity contribution is -0.120. The van der Waals surface area contributed by atoms with E-state index >= 15 is 0 Å². The fraction of sp³-hybridized carbons (Fsp3) is 0.0833. The Labute approximate surface area is 173 Å². The highest BCUT2D eigenvalue weighted by molar-refractivity contribution is 6.46. The monoisotopic (exact) mass is 402 g/mol. The van der Waals surface area contributed by atoms with Gasteiger partial charge in [0, 0.05) is 11.3 Å². The second-order valence-electron chi connectivity index (χ2n) is 6.82. The molecule has 150 valence electrons. The van der Waals surface area contributed by atoms with Gasteiger partial charge in [-0.3, -0.25) is 9.59 Å². The van der Waals surface area contributed by atoms with Crippen molar-refractivity contribution in [1.29, 1.82) is 0 Å². The molecule has 0 fully saturated rings. The van der Waals surface area contributed by atoms with Gasteiger partial charge >= 0.3 is 0 Å². The molecule has 6 heteroatoms. The SMILES string of the molecule is COc1ccccc1C1=C(Nc2ccccc2C)C(=O)N(c2cccc(F)c2)C1=O. The Morgan fingerprint density at radius 3 is 2.37 bits per heavy atom. The van der Waals surface area contributed by atoms with Crippen molar-refractivity contribution < 1.29 is 18.7 Å². The van der Waals surface area contributed by atoms with Crippen LogP contribution < -0.4 is 15.0 Å². The summed E-state index contributed by atoms with van der Waals surface area (Å²) in [6.45, 7) is 1.90. The third-order valence-corrected chi connectivity index (χ3v) is 4.93. The van der Waals surface area contributed by atoms with Crippen molar-refractivity contribution in [2.45, 2.75) is 6.92 Å². The maximum atomic E-state index is 13.8. The number of aryl methyl sites for hydroxylation is 1. The molecule has 0 bridgehead atoms. The summed E-state index contributed by atoms with van der Waals surface area (Å²) in [6.07, 6.45) is 0. The second-order valence-corrected chi connectivity index (χ2v) is 6.82. The summed E-state index contributed by atoms with van der Waals surface area (Å²) in [5.74, 6) is -1.19. The van der Waals surface area contributed by atoms with Gasteiger partial charge in [-0.15, -0.1) is 0 Å². The number of halogens is 1. The van der Waals surface area contributed by atoms with Crippen LogP contribution in [0.3, 0.4) is 0 Å². The number of nitrogens with one attached hydrogen (secondary N) is 1. The molecule has 30 heavy (non-hydrogen) atoms. The zero-order chi connectivity index (χ0) is 21.3. The number of rotatable bonds is 5. The number of amides is 2. The van der Waals surface area contributed by atoms with Crippen molar-refractivity contribution in [3.05, 3.63) is 95.4 Å². The van der Waals surface area contributed by atoms with Crippen molar-refractivity contribution in [3.8, 4) is 5.75 Å². The predicted octanol–water partition coefficient (Wildman–Crippen LogP) is 4.54. The van der Waals surface area contributed by atoms with Gasteiger partial charge in [-0.1, -0.05) is 42.5 Å². The van der Waals surface area contributed by atoms with E-state index in [2.05, 4.69) is 5.32 Å². The first-order valence-electron chi connectivity index (χ1n) is 9.36. The number of carbonyl (C=O) groups is 2. The summed E-state index contributed by atoms with van der Waals surface area (Å²) in [5, 5.41) is 3.12. The number of benzene rings is 3. The minimum Gasteiger partial charge on any atom is -0.496 e. The molecule has 0 aromatic heterocycles. The molecule has 3 aromatic carbocycles. The maximum Gasteiger partial charge on any atom is 0.282 e. The Balaban J connectivity index is 1.89. The third-order valence-electron chi connectivity index (χ3n) is 4.93. The molecule has 0 aliphatic carbocycles. The van der Waals surface area contributed by atoms with Crippen LogP contribution >= 0.6 is 0 Å². The van der Waals surface area contributed by atoms with Crippen LogP contribution in [0.2, 0.25) is 0 Å². The molecule has 3 aromatic rings.